The standard InChI is InChI=1S/C11H20N4O/c1-9(2)3-14-4-10(5-14)6-15-7-11(8-16)12-13-15/h7,9-10,16H,3-6,8H2,1-2H3. The molecule has 1 fully saturated rings. The zero-order valence-corrected chi connectivity index (χ0v) is 10.0. The Morgan fingerprint density at radius 3 is 2.81 bits per heavy atom. The normalized spacial score (nSPS) is 18.0. The highest BCUT2D eigenvalue weighted by Crippen LogP contribution is 2.18. The number of aliphatic hydroxyl groups is 1. The molecule has 0 amide bonds. The maximum atomic E-state index is 8.87. The van der Waals surface area contributed by atoms with Crippen molar-refractivity contribution in [2.24, 2.45) is 11.8 Å². The monoisotopic (exact) mass is 224 g/mol. The van der Waals surface area contributed by atoms with Crippen molar-refractivity contribution in [2.75, 3.05) is 19.6 Å². The van der Waals surface area contributed by atoms with Gasteiger partial charge in [0, 0.05) is 32.1 Å². The summed E-state index contributed by atoms with van der Waals surface area (Å²) in [5.74, 6) is 1.43. The van der Waals surface area contributed by atoms with Crippen LogP contribution in [0.15, 0.2) is 6.20 Å². The Labute approximate surface area is 96.1 Å². The van der Waals surface area contributed by atoms with Crippen molar-refractivity contribution in [1.82, 2.24) is 19.9 Å². The van der Waals surface area contributed by atoms with Gasteiger partial charge in [0.05, 0.1) is 12.8 Å². The SMILES string of the molecule is CC(C)CN1CC(Cn2cc(CO)nn2)C1. The van der Waals surface area contributed by atoms with Crippen molar-refractivity contribution in [3.05, 3.63) is 11.9 Å². The highest BCUT2D eigenvalue weighted by Gasteiger charge is 2.27. The van der Waals surface area contributed by atoms with Gasteiger partial charge in [-0.2, -0.15) is 0 Å². The van der Waals surface area contributed by atoms with Crippen molar-refractivity contribution in [3.8, 4) is 0 Å². The van der Waals surface area contributed by atoms with Gasteiger partial charge in [0.1, 0.15) is 5.69 Å². The first-order valence-corrected chi connectivity index (χ1v) is 5.89. The average Bonchev–Trinajstić information content (AvgIpc) is 2.61. The van der Waals surface area contributed by atoms with Crippen molar-refractivity contribution >= 4 is 0 Å². The smallest absolute Gasteiger partial charge is 0.108 e. The van der Waals surface area contributed by atoms with Gasteiger partial charge in [-0.25, -0.2) is 0 Å². The lowest BCUT2D eigenvalue weighted by Gasteiger charge is -2.40. The van der Waals surface area contributed by atoms with Crippen LogP contribution in [-0.4, -0.2) is 44.6 Å². The summed E-state index contributed by atoms with van der Waals surface area (Å²) in [4.78, 5) is 2.47. The number of rotatable bonds is 5. The quantitative estimate of drug-likeness (QED) is 0.784. The van der Waals surface area contributed by atoms with E-state index in [1.54, 1.807) is 0 Å². The molecule has 0 unspecified atom stereocenters. The summed E-state index contributed by atoms with van der Waals surface area (Å²) in [5, 5.41) is 16.7. The van der Waals surface area contributed by atoms with E-state index >= 15 is 0 Å². The van der Waals surface area contributed by atoms with E-state index in [0.29, 0.717) is 11.6 Å². The van der Waals surface area contributed by atoms with Crippen LogP contribution in [0.4, 0.5) is 0 Å². The van der Waals surface area contributed by atoms with Crippen LogP contribution in [0.1, 0.15) is 19.5 Å². The van der Waals surface area contributed by atoms with E-state index in [1.165, 1.54) is 6.54 Å². The van der Waals surface area contributed by atoms with Crippen molar-refractivity contribution < 1.29 is 5.11 Å². The average molecular weight is 224 g/mol. The number of hydrogen-bond donors (Lipinski definition) is 1. The summed E-state index contributed by atoms with van der Waals surface area (Å²) in [6.07, 6.45) is 1.82. The molecule has 0 bridgehead atoms. The summed E-state index contributed by atoms with van der Waals surface area (Å²) < 4.78 is 1.84. The largest absolute Gasteiger partial charge is 0.390 e. The first-order valence-electron chi connectivity index (χ1n) is 5.89. The van der Waals surface area contributed by atoms with Gasteiger partial charge in [-0.3, -0.25) is 4.68 Å². The van der Waals surface area contributed by atoms with Crippen LogP contribution in [0.2, 0.25) is 0 Å². The van der Waals surface area contributed by atoms with Crippen LogP contribution in [-0.2, 0) is 13.2 Å². The van der Waals surface area contributed by atoms with Crippen molar-refractivity contribution in [3.63, 3.8) is 0 Å². The Morgan fingerprint density at radius 1 is 1.50 bits per heavy atom. The fraction of sp³-hybridized carbons (Fsp3) is 0.818. The minimum atomic E-state index is -0.0237. The highest BCUT2D eigenvalue weighted by molar-refractivity contribution is 4.90. The van der Waals surface area contributed by atoms with Crippen molar-refractivity contribution in [1.29, 1.82) is 0 Å². The third-order valence-corrected chi connectivity index (χ3v) is 2.85. The Hall–Kier alpha value is -0.940. The molecule has 1 aromatic heterocycles. The molecule has 90 valence electrons. The van der Waals surface area contributed by atoms with Gasteiger partial charge in [-0.05, 0) is 5.92 Å². The van der Waals surface area contributed by atoms with E-state index in [2.05, 4.69) is 29.1 Å². The molecule has 2 rings (SSSR count). The molecule has 1 aliphatic rings. The van der Waals surface area contributed by atoms with Crippen LogP contribution in [0.3, 0.4) is 0 Å². The number of nitrogens with zero attached hydrogens (tertiary/aromatic N) is 4. The van der Waals surface area contributed by atoms with E-state index < -0.39 is 0 Å². The molecule has 0 spiro atoms. The van der Waals surface area contributed by atoms with E-state index in [-0.39, 0.29) is 6.61 Å². The minimum Gasteiger partial charge on any atom is -0.390 e. The van der Waals surface area contributed by atoms with Gasteiger partial charge in [0.25, 0.3) is 0 Å². The number of likely N-dealkylation sites (tertiary alicyclic amines) is 1. The first-order chi connectivity index (χ1) is 7.67. The van der Waals surface area contributed by atoms with Gasteiger partial charge in [-0.15, -0.1) is 5.10 Å². The molecule has 2 heterocycles. The van der Waals surface area contributed by atoms with Crippen LogP contribution in [0, 0.1) is 11.8 Å². The topological polar surface area (TPSA) is 54.2 Å². The lowest BCUT2D eigenvalue weighted by atomic mass is 9.99. The summed E-state index contributed by atoms with van der Waals surface area (Å²) in [5.41, 5.74) is 0.651. The Balaban J connectivity index is 1.73. The highest BCUT2D eigenvalue weighted by atomic mass is 16.3. The molecule has 5 nitrogen and oxygen atoms in total. The van der Waals surface area contributed by atoms with Gasteiger partial charge in [0.2, 0.25) is 0 Å². The molecule has 1 aliphatic heterocycles. The summed E-state index contributed by atoms with van der Waals surface area (Å²) >= 11 is 0. The van der Waals surface area contributed by atoms with Gasteiger partial charge in [0.15, 0.2) is 0 Å². The molecular weight excluding hydrogens is 204 g/mol. The molecule has 1 saturated heterocycles. The zero-order valence-electron chi connectivity index (χ0n) is 10.0. The molecule has 0 radical (unpaired) electrons. The third kappa shape index (κ3) is 2.80. The number of hydrogen-bond acceptors (Lipinski definition) is 4. The molecule has 16 heavy (non-hydrogen) atoms. The molecular formula is C11H20N4O. The predicted molar refractivity (Wildman–Crippen MR) is 60.7 cm³/mol. The molecule has 1 aromatic rings. The second-order valence-corrected chi connectivity index (χ2v) is 5.07. The van der Waals surface area contributed by atoms with Crippen LogP contribution >= 0.6 is 0 Å². The molecule has 1 N–H and O–H groups in total. The molecule has 0 atom stereocenters. The van der Waals surface area contributed by atoms with Gasteiger partial charge >= 0.3 is 0 Å². The third-order valence-electron chi connectivity index (χ3n) is 2.85. The summed E-state index contributed by atoms with van der Waals surface area (Å²) in [6.45, 7) is 8.90. The first kappa shape index (κ1) is 11.5. The second kappa shape index (κ2) is 4.93. The maximum Gasteiger partial charge on any atom is 0.108 e. The van der Waals surface area contributed by atoms with E-state index in [0.717, 1.165) is 25.6 Å². The second-order valence-electron chi connectivity index (χ2n) is 5.07. The van der Waals surface area contributed by atoms with Gasteiger partial charge < -0.3 is 10.0 Å². The zero-order chi connectivity index (χ0) is 11.5. The fourth-order valence-electron chi connectivity index (χ4n) is 2.22. The summed E-state index contributed by atoms with van der Waals surface area (Å²) in [7, 11) is 0. The fourth-order valence-corrected chi connectivity index (χ4v) is 2.22. The Bertz CT molecular complexity index is 330. The molecule has 5 heteroatoms. The summed E-state index contributed by atoms with van der Waals surface area (Å²) in [6, 6.07) is 0. The van der Waals surface area contributed by atoms with E-state index in [4.69, 9.17) is 5.11 Å². The molecule has 0 saturated carbocycles. The number of aromatic nitrogens is 3. The van der Waals surface area contributed by atoms with Crippen LogP contribution < -0.4 is 0 Å². The van der Waals surface area contributed by atoms with E-state index in [1.807, 2.05) is 10.9 Å². The van der Waals surface area contributed by atoms with Crippen LogP contribution in [0.5, 0.6) is 0 Å². The molecule has 0 aromatic carbocycles. The molecule has 0 aliphatic carbocycles. The Morgan fingerprint density at radius 2 is 2.25 bits per heavy atom. The number of aliphatic hydroxyl groups excluding tert-OH is 1. The predicted octanol–water partition coefficient (Wildman–Crippen LogP) is 0.358. The maximum absolute atomic E-state index is 8.87. The lowest BCUT2D eigenvalue weighted by Crippen LogP contribution is -2.49. The lowest BCUT2D eigenvalue weighted by molar-refractivity contribution is 0.0731. The van der Waals surface area contributed by atoms with Gasteiger partial charge in [-0.1, -0.05) is 19.1 Å². The minimum absolute atomic E-state index is 0.0237. The van der Waals surface area contributed by atoms with E-state index in [9.17, 15) is 0 Å². The van der Waals surface area contributed by atoms with Crippen molar-refractivity contribution in [2.45, 2.75) is 27.0 Å². The van der Waals surface area contributed by atoms with Crippen LogP contribution in [0.25, 0.3) is 0 Å². The Kier molecular flexibility index (Phi) is 3.56.